The van der Waals surface area contributed by atoms with Crippen LogP contribution in [0.15, 0.2) is 16.8 Å². The summed E-state index contributed by atoms with van der Waals surface area (Å²) in [6, 6.07) is 1.95. The van der Waals surface area contributed by atoms with E-state index in [2.05, 4.69) is 10.2 Å². The topological polar surface area (TPSA) is 86.7 Å². The molecule has 3 aliphatic rings. The van der Waals surface area contributed by atoms with Crippen molar-refractivity contribution < 1.29 is 18.3 Å². The van der Waals surface area contributed by atoms with Crippen LogP contribution < -0.4 is 5.32 Å². The SMILES string of the molecule is O=C(N[C@H]1C[C@H]2CN(C3CCS(=O)(=O)CC3)C[C@H]2C[C@@H]1O)c1ccsc1. The van der Waals surface area contributed by atoms with E-state index in [1.807, 2.05) is 10.8 Å². The Hall–Kier alpha value is -0.960. The summed E-state index contributed by atoms with van der Waals surface area (Å²) in [7, 11) is -2.84. The number of aliphatic hydroxyl groups is 1. The van der Waals surface area contributed by atoms with E-state index in [0.717, 1.165) is 32.4 Å². The second kappa shape index (κ2) is 7.22. The molecule has 1 amide bonds. The van der Waals surface area contributed by atoms with Crippen molar-refractivity contribution in [2.75, 3.05) is 24.6 Å². The fourth-order valence-corrected chi connectivity index (χ4v) is 6.91. The van der Waals surface area contributed by atoms with Crippen molar-refractivity contribution in [3.63, 3.8) is 0 Å². The number of likely N-dealkylation sites (tertiary alicyclic amines) is 1. The quantitative estimate of drug-likeness (QED) is 0.797. The second-order valence-corrected chi connectivity index (χ2v) is 11.1. The number of fused-ring (bicyclic) bond motifs is 1. The minimum atomic E-state index is -2.84. The molecule has 144 valence electrons. The van der Waals surface area contributed by atoms with Gasteiger partial charge < -0.3 is 10.4 Å². The minimum absolute atomic E-state index is 0.110. The first-order chi connectivity index (χ1) is 12.4. The predicted molar refractivity (Wildman–Crippen MR) is 101 cm³/mol. The van der Waals surface area contributed by atoms with Gasteiger partial charge in [-0.3, -0.25) is 9.69 Å². The van der Waals surface area contributed by atoms with E-state index >= 15 is 0 Å². The van der Waals surface area contributed by atoms with E-state index < -0.39 is 15.9 Å². The van der Waals surface area contributed by atoms with Crippen LogP contribution in [0.3, 0.4) is 0 Å². The number of hydrogen-bond acceptors (Lipinski definition) is 6. The van der Waals surface area contributed by atoms with Crippen LogP contribution in [0.2, 0.25) is 0 Å². The molecular formula is C18H26N2O4S2. The normalized spacial score (nSPS) is 35.1. The first kappa shape index (κ1) is 18.4. The fraction of sp³-hybridized carbons (Fsp3) is 0.722. The largest absolute Gasteiger partial charge is 0.391 e. The smallest absolute Gasteiger partial charge is 0.252 e. The summed E-state index contributed by atoms with van der Waals surface area (Å²) in [4.78, 5) is 14.7. The lowest BCUT2D eigenvalue weighted by atomic mass is 9.77. The highest BCUT2D eigenvalue weighted by atomic mass is 32.2. The number of carbonyl (C=O) groups excluding carboxylic acids is 1. The van der Waals surface area contributed by atoms with Crippen molar-refractivity contribution in [3.05, 3.63) is 22.4 Å². The van der Waals surface area contributed by atoms with Crippen molar-refractivity contribution in [3.8, 4) is 0 Å². The number of carbonyl (C=O) groups is 1. The summed E-state index contributed by atoms with van der Waals surface area (Å²) in [5, 5.41) is 17.2. The van der Waals surface area contributed by atoms with E-state index in [-0.39, 0.29) is 11.9 Å². The van der Waals surface area contributed by atoms with Crippen LogP contribution in [-0.2, 0) is 9.84 Å². The van der Waals surface area contributed by atoms with Gasteiger partial charge >= 0.3 is 0 Å². The van der Waals surface area contributed by atoms with E-state index in [1.54, 1.807) is 6.07 Å². The average Bonchev–Trinajstić information content (AvgIpc) is 3.24. The number of aliphatic hydroxyl groups excluding tert-OH is 1. The molecule has 2 N–H and O–H groups in total. The summed E-state index contributed by atoms with van der Waals surface area (Å²) in [5.74, 6) is 1.39. The van der Waals surface area contributed by atoms with Crippen molar-refractivity contribution in [2.45, 2.75) is 43.9 Å². The summed E-state index contributed by atoms with van der Waals surface area (Å²) >= 11 is 1.49. The van der Waals surface area contributed by atoms with Gasteiger partial charge in [0.15, 0.2) is 0 Å². The van der Waals surface area contributed by atoms with E-state index in [1.165, 1.54) is 11.3 Å². The van der Waals surface area contributed by atoms with Gasteiger partial charge in [-0.05, 0) is 49.0 Å². The van der Waals surface area contributed by atoms with Gasteiger partial charge in [-0.1, -0.05) is 0 Å². The number of rotatable bonds is 3. The Balaban J connectivity index is 1.35. The number of amides is 1. The number of nitrogens with zero attached hydrogens (tertiary/aromatic N) is 1. The lowest BCUT2D eigenvalue weighted by molar-refractivity contribution is 0.0461. The van der Waals surface area contributed by atoms with E-state index in [9.17, 15) is 18.3 Å². The molecule has 1 saturated carbocycles. The number of thiophene rings is 1. The van der Waals surface area contributed by atoms with Crippen LogP contribution in [0.4, 0.5) is 0 Å². The molecular weight excluding hydrogens is 372 g/mol. The summed E-state index contributed by atoms with van der Waals surface area (Å²) in [6.07, 6.45) is 2.44. The first-order valence-corrected chi connectivity index (χ1v) is 12.1. The lowest BCUT2D eigenvalue weighted by Crippen LogP contribution is -2.49. The molecule has 4 atom stereocenters. The molecule has 2 aliphatic heterocycles. The first-order valence-electron chi connectivity index (χ1n) is 9.37. The zero-order valence-electron chi connectivity index (χ0n) is 14.7. The Labute approximate surface area is 158 Å². The molecule has 0 unspecified atom stereocenters. The van der Waals surface area contributed by atoms with Crippen LogP contribution in [0.5, 0.6) is 0 Å². The van der Waals surface area contributed by atoms with Gasteiger partial charge in [-0.2, -0.15) is 11.3 Å². The summed E-state index contributed by atoms with van der Waals surface area (Å²) < 4.78 is 23.3. The second-order valence-electron chi connectivity index (χ2n) is 7.99. The molecule has 1 aromatic heterocycles. The maximum atomic E-state index is 12.3. The Morgan fingerprint density at radius 1 is 1.19 bits per heavy atom. The molecule has 0 bridgehead atoms. The molecule has 26 heavy (non-hydrogen) atoms. The van der Waals surface area contributed by atoms with Gasteiger partial charge in [0, 0.05) is 30.1 Å². The van der Waals surface area contributed by atoms with Gasteiger partial charge in [0.05, 0.1) is 23.7 Å². The standard InChI is InChI=1S/C18H26N2O4S2/c21-17-8-14-10-20(15-2-5-26(23,24)6-3-15)9-13(14)7-16(17)19-18(22)12-1-4-25-11-12/h1,4,11,13-17,21H,2-3,5-10H2,(H,19,22)/t13-,14+,16-,17-/m0/s1. The third-order valence-electron chi connectivity index (χ3n) is 6.31. The third kappa shape index (κ3) is 3.83. The zero-order valence-corrected chi connectivity index (χ0v) is 16.3. The van der Waals surface area contributed by atoms with E-state index in [0.29, 0.717) is 41.4 Å². The summed E-state index contributed by atoms with van der Waals surface area (Å²) in [6.45, 7) is 1.89. The Morgan fingerprint density at radius 2 is 1.88 bits per heavy atom. The number of hydrogen-bond donors (Lipinski definition) is 2. The molecule has 2 saturated heterocycles. The Kier molecular flexibility index (Phi) is 5.11. The third-order valence-corrected chi connectivity index (χ3v) is 8.71. The van der Waals surface area contributed by atoms with Crippen molar-refractivity contribution in [2.24, 2.45) is 11.8 Å². The molecule has 0 spiro atoms. The van der Waals surface area contributed by atoms with Crippen molar-refractivity contribution >= 4 is 27.1 Å². The van der Waals surface area contributed by atoms with Crippen LogP contribution >= 0.6 is 11.3 Å². The predicted octanol–water partition coefficient (Wildman–Crippen LogP) is 1.13. The molecule has 6 nitrogen and oxygen atoms in total. The molecule has 4 rings (SSSR count). The highest BCUT2D eigenvalue weighted by molar-refractivity contribution is 7.91. The maximum Gasteiger partial charge on any atom is 0.252 e. The van der Waals surface area contributed by atoms with Crippen molar-refractivity contribution in [1.82, 2.24) is 10.2 Å². The summed E-state index contributed by atoms with van der Waals surface area (Å²) in [5.41, 5.74) is 0.654. The lowest BCUT2D eigenvalue weighted by Gasteiger charge is -2.35. The van der Waals surface area contributed by atoms with Gasteiger partial charge in [0.1, 0.15) is 9.84 Å². The molecule has 3 heterocycles. The Morgan fingerprint density at radius 3 is 2.54 bits per heavy atom. The van der Waals surface area contributed by atoms with Crippen LogP contribution in [-0.4, -0.2) is 67.1 Å². The van der Waals surface area contributed by atoms with Gasteiger partial charge in [0.2, 0.25) is 0 Å². The minimum Gasteiger partial charge on any atom is -0.391 e. The highest BCUT2D eigenvalue weighted by Crippen LogP contribution is 2.38. The molecule has 1 aromatic rings. The van der Waals surface area contributed by atoms with Gasteiger partial charge in [-0.15, -0.1) is 0 Å². The van der Waals surface area contributed by atoms with Crippen LogP contribution in [0.25, 0.3) is 0 Å². The highest BCUT2D eigenvalue weighted by Gasteiger charge is 2.44. The molecule has 0 aromatic carbocycles. The molecule has 0 radical (unpaired) electrons. The molecule has 3 fully saturated rings. The maximum absolute atomic E-state index is 12.3. The molecule has 8 heteroatoms. The Bertz CT molecular complexity index is 735. The fourth-order valence-electron chi connectivity index (χ4n) is 4.81. The van der Waals surface area contributed by atoms with Crippen LogP contribution in [0.1, 0.15) is 36.0 Å². The number of sulfone groups is 1. The zero-order chi connectivity index (χ0) is 18.3. The van der Waals surface area contributed by atoms with E-state index in [4.69, 9.17) is 0 Å². The van der Waals surface area contributed by atoms with Crippen molar-refractivity contribution in [1.29, 1.82) is 0 Å². The average molecular weight is 399 g/mol. The van der Waals surface area contributed by atoms with Gasteiger partial charge in [-0.25, -0.2) is 8.42 Å². The van der Waals surface area contributed by atoms with Gasteiger partial charge in [0.25, 0.3) is 5.91 Å². The monoisotopic (exact) mass is 398 g/mol. The molecule has 1 aliphatic carbocycles. The van der Waals surface area contributed by atoms with Crippen LogP contribution in [0, 0.1) is 11.8 Å². The number of nitrogens with one attached hydrogen (secondary N) is 1.